The topological polar surface area (TPSA) is 121 Å². The van der Waals surface area contributed by atoms with Crippen LogP contribution >= 0.6 is 23.1 Å². The lowest BCUT2D eigenvalue weighted by Crippen LogP contribution is -2.43. The Labute approximate surface area is 185 Å². The molecule has 1 aromatic carbocycles. The van der Waals surface area contributed by atoms with Crippen LogP contribution in [0.25, 0.3) is 22.3 Å². The Balaban J connectivity index is 1.31. The van der Waals surface area contributed by atoms with Crippen molar-refractivity contribution < 1.29 is 9.53 Å². The standard InChI is InChI=1S/C19H17ClN8O2S/c20-16-12-10-22-26-13(12)1-2-14(16)23-18-25-17(27-31-18)11-3-4-21-15(9-11)24-19(29)28-5-7-30-8-6-28/h1-4,9-10H,5-8H2,(H,22,26)(H,21,24,29)(H,23,25,27). The lowest BCUT2D eigenvalue weighted by Gasteiger charge is -2.26. The molecule has 5 rings (SSSR count). The van der Waals surface area contributed by atoms with E-state index in [2.05, 4.69) is 35.2 Å². The summed E-state index contributed by atoms with van der Waals surface area (Å²) in [6.45, 7) is 2.19. The predicted octanol–water partition coefficient (Wildman–Crippen LogP) is 3.74. The molecule has 0 unspecified atom stereocenters. The molecule has 12 heteroatoms. The number of amides is 2. The number of hydrogen-bond acceptors (Lipinski definition) is 8. The van der Waals surface area contributed by atoms with E-state index >= 15 is 0 Å². The van der Waals surface area contributed by atoms with Crippen LogP contribution in [0.1, 0.15) is 0 Å². The molecule has 0 aliphatic carbocycles. The highest BCUT2D eigenvalue weighted by Crippen LogP contribution is 2.33. The zero-order valence-corrected chi connectivity index (χ0v) is 17.7. The summed E-state index contributed by atoms with van der Waals surface area (Å²) in [7, 11) is 0. The first kappa shape index (κ1) is 19.7. The number of urea groups is 1. The van der Waals surface area contributed by atoms with Gasteiger partial charge in [0.1, 0.15) is 5.82 Å². The van der Waals surface area contributed by atoms with Gasteiger partial charge >= 0.3 is 6.03 Å². The Morgan fingerprint density at radius 3 is 3.00 bits per heavy atom. The Bertz CT molecular complexity index is 1240. The van der Waals surface area contributed by atoms with Crippen molar-refractivity contribution in [1.82, 2.24) is 29.4 Å². The van der Waals surface area contributed by atoms with Crippen LogP contribution in [0.3, 0.4) is 0 Å². The summed E-state index contributed by atoms with van der Waals surface area (Å²) in [6, 6.07) is 7.08. The highest BCUT2D eigenvalue weighted by atomic mass is 35.5. The quantitative estimate of drug-likeness (QED) is 0.427. The summed E-state index contributed by atoms with van der Waals surface area (Å²) in [4.78, 5) is 22.9. The lowest BCUT2D eigenvalue weighted by molar-refractivity contribution is 0.0564. The highest BCUT2D eigenvalue weighted by molar-refractivity contribution is 7.10. The van der Waals surface area contributed by atoms with Crippen LogP contribution in [-0.4, -0.2) is 61.8 Å². The third-order valence-corrected chi connectivity index (χ3v) is 5.82. The number of carbonyl (C=O) groups excluding carboxylic acids is 1. The molecule has 4 heterocycles. The SMILES string of the molecule is O=C(Nc1cc(-c2nsc(Nc3ccc4[nH]ncc4c3Cl)n2)ccn1)N1CCOCC1. The third kappa shape index (κ3) is 4.15. The van der Waals surface area contributed by atoms with E-state index in [-0.39, 0.29) is 6.03 Å². The fraction of sp³-hybridized carbons (Fsp3) is 0.211. The average molecular weight is 457 g/mol. The molecule has 1 aliphatic rings. The van der Waals surface area contributed by atoms with Crippen molar-refractivity contribution in [3.05, 3.63) is 41.7 Å². The van der Waals surface area contributed by atoms with E-state index < -0.39 is 0 Å². The van der Waals surface area contributed by atoms with Crippen molar-refractivity contribution in [3.8, 4) is 11.4 Å². The van der Waals surface area contributed by atoms with Gasteiger partial charge in [-0.05, 0) is 24.3 Å². The first-order chi connectivity index (χ1) is 15.2. The van der Waals surface area contributed by atoms with Crippen molar-refractivity contribution in [2.24, 2.45) is 0 Å². The van der Waals surface area contributed by atoms with E-state index in [4.69, 9.17) is 16.3 Å². The van der Waals surface area contributed by atoms with Crippen molar-refractivity contribution in [1.29, 1.82) is 0 Å². The Kier molecular flexibility index (Phi) is 5.37. The zero-order valence-electron chi connectivity index (χ0n) is 16.1. The fourth-order valence-electron chi connectivity index (χ4n) is 3.18. The van der Waals surface area contributed by atoms with Gasteiger partial charge in [0.2, 0.25) is 5.13 Å². The summed E-state index contributed by atoms with van der Waals surface area (Å²) in [5, 5.41) is 14.9. The molecule has 0 atom stereocenters. The second kappa shape index (κ2) is 8.46. The maximum absolute atomic E-state index is 12.4. The highest BCUT2D eigenvalue weighted by Gasteiger charge is 2.18. The summed E-state index contributed by atoms with van der Waals surface area (Å²) in [6.07, 6.45) is 3.29. The van der Waals surface area contributed by atoms with Crippen molar-refractivity contribution in [2.75, 3.05) is 36.9 Å². The van der Waals surface area contributed by atoms with Crippen molar-refractivity contribution in [2.45, 2.75) is 0 Å². The molecule has 0 saturated carbocycles. The summed E-state index contributed by atoms with van der Waals surface area (Å²) < 4.78 is 9.69. The Morgan fingerprint density at radius 2 is 2.13 bits per heavy atom. The minimum Gasteiger partial charge on any atom is -0.378 e. The molecule has 31 heavy (non-hydrogen) atoms. The minimum absolute atomic E-state index is 0.203. The van der Waals surface area contributed by atoms with Gasteiger partial charge < -0.3 is 15.0 Å². The molecule has 0 spiro atoms. The monoisotopic (exact) mass is 456 g/mol. The van der Waals surface area contributed by atoms with Gasteiger partial charge in [0, 0.05) is 41.8 Å². The number of nitrogens with zero attached hydrogens (tertiary/aromatic N) is 5. The molecule has 0 radical (unpaired) electrons. The van der Waals surface area contributed by atoms with Crippen LogP contribution < -0.4 is 10.6 Å². The smallest absolute Gasteiger partial charge is 0.323 e. The van der Waals surface area contributed by atoms with Crippen LogP contribution in [0.15, 0.2) is 36.7 Å². The molecule has 0 bridgehead atoms. The number of pyridine rings is 1. The second-order valence-electron chi connectivity index (χ2n) is 6.77. The number of H-pyrrole nitrogens is 1. The van der Waals surface area contributed by atoms with Crippen molar-refractivity contribution in [3.63, 3.8) is 0 Å². The van der Waals surface area contributed by atoms with Gasteiger partial charge in [-0.2, -0.15) is 14.5 Å². The predicted molar refractivity (Wildman–Crippen MR) is 119 cm³/mol. The average Bonchev–Trinajstić information content (AvgIpc) is 3.47. The van der Waals surface area contributed by atoms with E-state index in [0.29, 0.717) is 53.8 Å². The van der Waals surface area contributed by atoms with Crippen LogP contribution in [0.5, 0.6) is 0 Å². The van der Waals surface area contributed by atoms with Gasteiger partial charge in [0.15, 0.2) is 5.82 Å². The molecule has 3 N–H and O–H groups in total. The number of hydrogen-bond donors (Lipinski definition) is 3. The number of aromatic amines is 1. The number of nitrogens with one attached hydrogen (secondary N) is 3. The summed E-state index contributed by atoms with van der Waals surface area (Å²) in [5.74, 6) is 0.962. The minimum atomic E-state index is -0.203. The lowest BCUT2D eigenvalue weighted by atomic mass is 10.2. The van der Waals surface area contributed by atoms with E-state index in [1.54, 1.807) is 29.4 Å². The maximum atomic E-state index is 12.4. The van der Waals surface area contributed by atoms with Gasteiger partial charge in [-0.1, -0.05) is 11.6 Å². The molecular weight excluding hydrogens is 440 g/mol. The number of carbonyl (C=O) groups is 1. The second-order valence-corrected chi connectivity index (χ2v) is 7.90. The van der Waals surface area contributed by atoms with E-state index in [9.17, 15) is 4.79 Å². The molecule has 4 aromatic rings. The van der Waals surface area contributed by atoms with Gasteiger partial charge in [-0.3, -0.25) is 10.4 Å². The first-order valence-corrected chi connectivity index (χ1v) is 10.6. The largest absolute Gasteiger partial charge is 0.378 e. The molecule has 3 aromatic heterocycles. The third-order valence-electron chi connectivity index (χ3n) is 4.78. The van der Waals surface area contributed by atoms with Crippen LogP contribution in [0, 0.1) is 0 Å². The molecule has 158 valence electrons. The van der Waals surface area contributed by atoms with E-state index in [0.717, 1.165) is 16.5 Å². The number of ether oxygens (including phenoxy) is 1. The first-order valence-electron chi connectivity index (χ1n) is 9.50. The molecule has 1 saturated heterocycles. The maximum Gasteiger partial charge on any atom is 0.323 e. The molecule has 1 aliphatic heterocycles. The molecule has 10 nitrogen and oxygen atoms in total. The fourth-order valence-corrected chi connectivity index (χ4v) is 4.04. The van der Waals surface area contributed by atoms with E-state index in [1.807, 2.05) is 12.1 Å². The number of anilines is 3. The van der Waals surface area contributed by atoms with E-state index in [1.165, 1.54) is 11.5 Å². The number of aromatic nitrogens is 5. The van der Waals surface area contributed by atoms with Gasteiger partial charge in [-0.25, -0.2) is 9.78 Å². The normalized spacial score (nSPS) is 14.0. The molecule has 2 amide bonds. The van der Waals surface area contributed by atoms with Gasteiger partial charge in [0.05, 0.1) is 35.6 Å². The van der Waals surface area contributed by atoms with Gasteiger partial charge in [0.25, 0.3) is 0 Å². The number of morpholine rings is 1. The van der Waals surface area contributed by atoms with Crippen molar-refractivity contribution >= 4 is 56.7 Å². The number of halogens is 1. The van der Waals surface area contributed by atoms with Crippen LogP contribution in [0.2, 0.25) is 5.02 Å². The summed E-state index contributed by atoms with van der Waals surface area (Å²) in [5.41, 5.74) is 2.32. The number of benzene rings is 1. The molecular formula is C19H17ClN8O2S. The Hall–Kier alpha value is -3.28. The zero-order chi connectivity index (χ0) is 21.2. The number of rotatable bonds is 4. The Morgan fingerprint density at radius 1 is 1.26 bits per heavy atom. The molecule has 1 fully saturated rings. The van der Waals surface area contributed by atoms with Crippen LogP contribution in [-0.2, 0) is 4.74 Å². The number of fused-ring (bicyclic) bond motifs is 1. The summed E-state index contributed by atoms with van der Waals surface area (Å²) >= 11 is 7.68. The van der Waals surface area contributed by atoms with Crippen LogP contribution in [0.4, 0.5) is 21.4 Å². The van der Waals surface area contributed by atoms with Gasteiger partial charge in [-0.15, -0.1) is 0 Å².